The molecule has 0 aliphatic carbocycles. The molecule has 40 heavy (non-hydrogen) atoms. The normalized spacial score (nSPS) is 11.4. The first-order chi connectivity index (χ1) is 19.2. The predicted octanol–water partition coefficient (Wildman–Crippen LogP) is 3.98. The Morgan fingerprint density at radius 3 is 2.33 bits per heavy atom. The van der Waals surface area contributed by atoms with Crippen molar-refractivity contribution in [1.82, 2.24) is 9.78 Å². The first-order valence-corrected chi connectivity index (χ1v) is 12.6. The summed E-state index contributed by atoms with van der Waals surface area (Å²) in [6.45, 7) is 0.749. The lowest BCUT2D eigenvalue weighted by Gasteiger charge is -2.25. The lowest BCUT2D eigenvalue weighted by atomic mass is 10.0. The summed E-state index contributed by atoms with van der Waals surface area (Å²) in [7, 11) is 0. The number of alkyl halides is 3. The maximum absolute atomic E-state index is 13.5. The number of benzene rings is 3. The molecule has 0 aliphatic rings. The summed E-state index contributed by atoms with van der Waals surface area (Å²) in [4.78, 5) is 15.1. The fraction of sp³-hybridized carbons (Fsp3) is 0.241. The van der Waals surface area contributed by atoms with Crippen LogP contribution in [-0.2, 0) is 19.1 Å². The minimum atomic E-state index is -4.74. The number of aliphatic hydroxyl groups excluding tert-OH is 2. The average molecular weight is 554 g/mol. The van der Waals surface area contributed by atoms with E-state index in [0.717, 1.165) is 27.6 Å². The van der Waals surface area contributed by atoms with Crippen LogP contribution in [-0.4, -0.2) is 52.2 Å². The van der Waals surface area contributed by atoms with E-state index < -0.39 is 17.8 Å². The number of carbonyl (C=O) groups excluding carboxylic acids is 1. The second-order valence-electron chi connectivity index (χ2n) is 9.09. The van der Waals surface area contributed by atoms with E-state index >= 15 is 0 Å². The fourth-order valence-corrected chi connectivity index (χ4v) is 4.43. The molecular weight excluding hydrogens is 523 g/mol. The van der Waals surface area contributed by atoms with E-state index in [1.807, 2.05) is 35.2 Å². The molecule has 0 unspecified atom stereocenters. The van der Waals surface area contributed by atoms with Crippen molar-refractivity contribution in [2.75, 3.05) is 36.5 Å². The minimum absolute atomic E-state index is 0.0704. The van der Waals surface area contributed by atoms with Crippen molar-refractivity contribution in [3.05, 3.63) is 107 Å². The van der Waals surface area contributed by atoms with E-state index in [0.29, 0.717) is 30.8 Å². The van der Waals surface area contributed by atoms with Crippen LogP contribution in [0.1, 0.15) is 32.9 Å². The molecule has 0 saturated heterocycles. The van der Waals surface area contributed by atoms with Gasteiger partial charge in [0.2, 0.25) is 0 Å². The van der Waals surface area contributed by atoms with Gasteiger partial charge in [-0.2, -0.15) is 18.3 Å². The first-order valence-electron chi connectivity index (χ1n) is 12.6. The predicted molar refractivity (Wildman–Crippen MR) is 146 cm³/mol. The Bertz CT molecular complexity index is 1450. The van der Waals surface area contributed by atoms with Gasteiger partial charge >= 0.3 is 6.18 Å². The van der Waals surface area contributed by atoms with Gasteiger partial charge in [-0.15, -0.1) is 0 Å². The Kier molecular flexibility index (Phi) is 9.20. The molecular formula is C29H30F3N5O3. The zero-order chi connectivity index (χ0) is 28.7. The molecule has 11 heteroatoms. The number of aromatic nitrogens is 2. The molecule has 4 aromatic rings. The van der Waals surface area contributed by atoms with Gasteiger partial charge in [0, 0.05) is 37.1 Å². The van der Waals surface area contributed by atoms with Crippen molar-refractivity contribution in [1.29, 1.82) is 0 Å². The number of para-hydroxylation sites is 1. The third kappa shape index (κ3) is 6.87. The van der Waals surface area contributed by atoms with Crippen LogP contribution in [0.4, 0.5) is 24.5 Å². The van der Waals surface area contributed by atoms with E-state index in [4.69, 9.17) is 5.73 Å². The molecule has 0 aliphatic heterocycles. The van der Waals surface area contributed by atoms with Crippen LogP contribution in [0.2, 0.25) is 0 Å². The SMILES string of the molecule is NCc1cccc(-n2nc(C(F)(F)F)cc2C(=O)Nc2cccc(Cc3ccccc3N(CCO)CCO)c2)c1. The Morgan fingerprint density at radius 2 is 1.62 bits per heavy atom. The van der Waals surface area contributed by atoms with Crippen LogP contribution in [0.3, 0.4) is 0 Å². The second kappa shape index (κ2) is 12.8. The summed E-state index contributed by atoms with van der Waals surface area (Å²) < 4.78 is 41.5. The maximum atomic E-state index is 13.5. The number of nitrogens with two attached hydrogens (primary N) is 1. The van der Waals surface area contributed by atoms with Crippen LogP contribution in [0, 0.1) is 0 Å². The molecule has 0 atom stereocenters. The molecule has 0 saturated carbocycles. The Balaban J connectivity index is 1.61. The van der Waals surface area contributed by atoms with Gasteiger partial charge in [0.25, 0.3) is 5.91 Å². The summed E-state index contributed by atoms with van der Waals surface area (Å²) in [5, 5.41) is 25.3. The largest absolute Gasteiger partial charge is 0.435 e. The topological polar surface area (TPSA) is 117 Å². The van der Waals surface area contributed by atoms with E-state index in [1.165, 1.54) is 0 Å². The van der Waals surface area contributed by atoms with Gasteiger partial charge in [-0.1, -0.05) is 42.5 Å². The highest BCUT2D eigenvalue weighted by Gasteiger charge is 2.36. The summed E-state index contributed by atoms with van der Waals surface area (Å²) in [5.74, 6) is -0.754. The first kappa shape index (κ1) is 28.8. The molecule has 3 aromatic carbocycles. The summed E-state index contributed by atoms with van der Waals surface area (Å²) in [6.07, 6.45) is -4.26. The maximum Gasteiger partial charge on any atom is 0.435 e. The minimum Gasteiger partial charge on any atom is -0.395 e. The molecule has 1 aromatic heterocycles. The summed E-state index contributed by atoms with van der Waals surface area (Å²) in [6, 6.07) is 21.9. The quantitative estimate of drug-likeness (QED) is 0.223. The molecule has 0 radical (unpaired) electrons. The van der Waals surface area contributed by atoms with Crippen molar-refractivity contribution in [3.8, 4) is 5.69 Å². The number of nitrogens with one attached hydrogen (secondary N) is 1. The van der Waals surface area contributed by atoms with E-state index in [9.17, 15) is 28.2 Å². The highest BCUT2D eigenvalue weighted by atomic mass is 19.4. The zero-order valence-electron chi connectivity index (χ0n) is 21.6. The van der Waals surface area contributed by atoms with E-state index in [1.54, 1.807) is 42.5 Å². The fourth-order valence-electron chi connectivity index (χ4n) is 4.43. The van der Waals surface area contributed by atoms with Crippen molar-refractivity contribution in [2.24, 2.45) is 5.73 Å². The molecule has 0 bridgehead atoms. The lowest BCUT2D eigenvalue weighted by molar-refractivity contribution is -0.141. The van der Waals surface area contributed by atoms with E-state index in [2.05, 4.69) is 10.4 Å². The molecule has 1 heterocycles. The number of carbonyl (C=O) groups is 1. The second-order valence-corrected chi connectivity index (χ2v) is 9.09. The van der Waals surface area contributed by atoms with Gasteiger partial charge in [-0.05, 0) is 53.4 Å². The number of halogens is 3. The molecule has 0 fully saturated rings. The molecule has 4 rings (SSSR count). The number of hydrogen-bond acceptors (Lipinski definition) is 6. The van der Waals surface area contributed by atoms with Gasteiger partial charge in [0.15, 0.2) is 5.69 Å². The number of nitrogens with zero attached hydrogens (tertiary/aromatic N) is 3. The van der Waals surface area contributed by atoms with E-state index in [-0.39, 0.29) is 31.1 Å². The molecule has 210 valence electrons. The molecule has 8 nitrogen and oxygen atoms in total. The lowest BCUT2D eigenvalue weighted by Crippen LogP contribution is -2.30. The van der Waals surface area contributed by atoms with Gasteiger partial charge in [0.1, 0.15) is 5.69 Å². The van der Waals surface area contributed by atoms with Gasteiger partial charge in [-0.25, -0.2) is 4.68 Å². The molecule has 1 amide bonds. The standard InChI is InChI=1S/C29H30F3N5O3/c30-29(31,32)27-18-26(37(35-27)24-9-4-6-21(17-24)19-33)28(40)34-23-8-3-5-20(16-23)15-22-7-1-2-10-25(22)36(11-13-38)12-14-39/h1-10,16-18,38-39H,11-15,19,33H2,(H,34,40). The van der Waals surface area contributed by atoms with Crippen LogP contribution in [0.25, 0.3) is 5.69 Å². The number of hydrogen-bond donors (Lipinski definition) is 4. The summed E-state index contributed by atoms with van der Waals surface area (Å²) >= 11 is 0. The van der Waals surface area contributed by atoms with Gasteiger partial charge in [-0.3, -0.25) is 4.79 Å². The Labute approximate surface area is 229 Å². The van der Waals surface area contributed by atoms with Gasteiger partial charge < -0.3 is 26.2 Å². The number of anilines is 2. The third-order valence-electron chi connectivity index (χ3n) is 6.27. The van der Waals surface area contributed by atoms with Crippen molar-refractivity contribution in [2.45, 2.75) is 19.1 Å². The molecule has 0 spiro atoms. The van der Waals surface area contributed by atoms with Crippen LogP contribution >= 0.6 is 0 Å². The Morgan fingerprint density at radius 1 is 0.925 bits per heavy atom. The van der Waals surface area contributed by atoms with Crippen LogP contribution < -0.4 is 16.0 Å². The van der Waals surface area contributed by atoms with Crippen molar-refractivity contribution in [3.63, 3.8) is 0 Å². The molecule has 5 N–H and O–H groups in total. The van der Waals surface area contributed by atoms with Crippen LogP contribution in [0.15, 0.2) is 78.9 Å². The highest BCUT2D eigenvalue weighted by Crippen LogP contribution is 2.30. The average Bonchev–Trinajstić information content (AvgIpc) is 3.40. The van der Waals surface area contributed by atoms with Crippen molar-refractivity contribution >= 4 is 17.3 Å². The van der Waals surface area contributed by atoms with Crippen LogP contribution in [0.5, 0.6) is 0 Å². The number of aliphatic hydroxyl groups is 2. The number of amides is 1. The monoisotopic (exact) mass is 553 g/mol. The van der Waals surface area contributed by atoms with Gasteiger partial charge in [0.05, 0.1) is 18.9 Å². The smallest absolute Gasteiger partial charge is 0.395 e. The zero-order valence-corrected chi connectivity index (χ0v) is 21.6. The Hall–Kier alpha value is -4.19. The number of rotatable bonds is 11. The van der Waals surface area contributed by atoms with Crippen molar-refractivity contribution < 1.29 is 28.2 Å². The highest BCUT2D eigenvalue weighted by molar-refractivity contribution is 6.03. The summed E-state index contributed by atoms with van der Waals surface area (Å²) in [5.41, 5.74) is 8.24. The third-order valence-corrected chi connectivity index (χ3v) is 6.27.